The van der Waals surface area contributed by atoms with Crippen molar-refractivity contribution in [3.8, 4) is 0 Å². The summed E-state index contributed by atoms with van der Waals surface area (Å²) in [5, 5.41) is 5.00. The van der Waals surface area contributed by atoms with Gasteiger partial charge in [-0.1, -0.05) is 49.4 Å². The van der Waals surface area contributed by atoms with Crippen molar-refractivity contribution in [2.24, 2.45) is 5.92 Å². The summed E-state index contributed by atoms with van der Waals surface area (Å²) in [6, 6.07) is 19.0. The molecule has 2 heterocycles. The number of anilines is 1. The van der Waals surface area contributed by atoms with Crippen molar-refractivity contribution in [1.29, 1.82) is 0 Å². The van der Waals surface area contributed by atoms with Crippen LogP contribution in [-0.2, 0) is 0 Å². The second-order valence-electron chi connectivity index (χ2n) is 6.37. The Morgan fingerprint density at radius 1 is 0.850 bits per heavy atom. The van der Waals surface area contributed by atoms with Gasteiger partial charge in [0.15, 0.2) is 0 Å². The number of hydrogen-bond donors (Lipinski definition) is 0. The Morgan fingerprint density at radius 3 is 2.30 bits per heavy atom. The quantitative estimate of drug-likeness (QED) is 0.716. The van der Waals surface area contributed by atoms with Crippen molar-refractivity contribution >= 4 is 5.69 Å². The molecule has 2 aromatic rings. The largest absolute Gasteiger partial charge is 0.307 e. The molecule has 0 N–H and O–H groups in total. The fourth-order valence-corrected chi connectivity index (χ4v) is 4.51. The van der Waals surface area contributed by atoms with E-state index in [1.165, 1.54) is 16.8 Å². The van der Waals surface area contributed by atoms with E-state index in [0.29, 0.717) is 12.1 Å². The van der Waals surface area contributed by atoms with E-state index in [1.54, 1.807) is 5.56 Å². The Hall–Kier alpha value is -1.80. The van der Waals surface area contributed by atoms with Gasteiger partial charge in [0, 0.05) is 24.6 Å². The van der Waals surface area contributed by atoms with Gasteiger partial charge >= 0.3 is 0 Å². The van der Waals surface area contributed by atoms with E-state index >= 15 is 0 Å². The summed E-state index contributed by atoms with van der Waals surface area (Å²) in [6.07, 6.45) is 0. The van der Waals surface area contributed by atoms with Gasteiger partial charge in [-0.3, -0.25) is 0 Å². The van der Waals surface area contributed by atoms with Crippen LogP contribution in [0.25, 0.3) is 0 Å². The highest BCUT2D eigenvalue weighted by atomic mass is 15.7. The fourth-order valence-electron chi connectivity index (χ4n) is 4.51. The lowest BCUT2D eigenvalue weighted by molar-refractivity contribution is 0.207. The standard InChI is InChI=1S/C18H18N2/c1-11-16-12-7-3-4-8-13(12)18-14-9-5-6-10-15(14)19(2)20(18)17(11)16/h3-11,16-18H,1-2H3. The van der Waals surface area contributed by atoms with Crippen molar-refractivity contribution in [2.45, 2.75) is 24.9 Å². The van der Waals surface area contributed by atoms with Gasteiger partial charge in [0.1, 0.15) is 0 Å². The molecule has 20 heavy (non-hydrogen) atoms. The molecule has 2 aromatic carbocycles. The Labute approximate surface area is 119 Å². The van der Waals surface area contributed by atoms with Crippen LogP contribution in [0.1, 0.15) is 35.6 Å². The lowest BCUT2D eigenvalue weighted by atomic mass is 9.89. The van der Waals surface area contributed by atoms with Gasteiger partial charge in [0.25, 0.3) is 0 Å². The van der Waals surface area contributed by atoms with Gasteiger partial charge < -0.3 is 5.01 Å². The van der Waals surface area contributed by atoms with Gasteiger partial charge in [0.2, 0.25) is 0 Å². The Morgan fingerprint density at radius 2 is 1.50 bits per heavy atom. The second kappa shape index (κ2) is 3.44. The molecule has 4 atom stereocenters. The molecule has 2 heteroatoms. The van der Waals surface area contributed by atoms with Crippen LogP contribution in [0.5, 0.6) is 0 Å². The van der Waals surface area contributed by atoms with Crippen LogP contribution in [0.4, 0.5) is 5.69 Å². The number of nitrogens with zero attached hydrogens (tertiary/aromatic N) is 2. The van der Waals surface area contributed by atoms with E-state index in [2.05, 4.69) is 72.5 Å². The van der Waals surface area contributed by atoms with E-state index in [1.807, 2.05) is 0 Å². The molecular weight excluding hydrogens is 244 g/mol. The highest BCUT2D eigenvalue weighted by molar-refractivity contribution is 5.64. The lowest BCUT2D eigenvalue weighted by Gasteiger charge is -2.36. The van der Waals surface area contributed by atoms with Crippen LogP contribution in [0.15, 0.2) is 48.5 Å². The van der Waals surface area contributed by atoms with Crippen LogP contribution >= 0.6 is 0 Å². The van der Waals surface area contributed by atoms with Crippen LogP contribution in [0, 0.1) is 5.92 Å². The molecule has 0 spiro atoms. The summed E-state index contributed by atoms with van der Waals surface area (Å²) in [6.45, 7) is 2.39. The minimum Gasteiger partial charge on any atom is -0.307 e. The number of hydrogen-bond acceptors (Lipinski definition) is 2. The number of hydrazine groups is 1. The summed E-state index contributed by atoms with van der Waals surface area (Å²) >= 11 is 0. The SMILES string of the molecule is CC1C2c3ccccc3C3c4ccccc4N(C)N3C12. The monoisotopic (exact) mass is 262 g/mol. The highest BCUT2D eigenvalue weighted by Gasteiger charge is 2.60. The first-order chi connectivity index (χ1) is 9.79. The minimum absolute atomic E-state index is 0.415. The van der Waals surface area contributed by atoms with Crippen molar-refractivity contribution in [1.82, 2.24) is 5.01 Å². The van der Waals surface area contributed by atoms with Gasteiger partial charge in [-0.25, -0.2) is 5.01 Å². The zero-order valence-corrected chi connectivity index (χ0v) is 11.8. The molecular formula is C18H18N2. The topological polar surface area (TPSA) is 6.48 Å². The van der Waals surface area contributed by atoms with Gasteiger partial charge in [-0.2, -0.15) is 0 Å². The Balaban J connectivity index is 1.79. The van der Waals surface area contributed by atoms with Gasteiger partial charge in [-0.15, -0.1) is 0 Å². The summed E-state index contributed by atoms with van der Waals surface area (Å²) in [5.74, 6) is 1.48. The summed E-state index contributed by atoms with van der Waals surface area (Å²) in [7, 11) is 2.22. The van der Waals surface area contributed by atoms with E-state index in [0.717, 1.165) is 11.8 Å². The number of para-hydroxylation sites is 1. The smallest absolute Gasteiger partial charge is 0.0819 e. The fraction of sp³-hybridized carbons (Fsp3) is 0.333. The van der Waals surface area contributed by atoms with Crippen molar-refractivity contribution in [3.05, 3.63) is 65.2 Å². The maximum Gasteiger partial charge on any atom is 0.0819 e. The van der Waals surface area contributed by atoms with Crippen LogP contribution in [-0.4, -0.2) is 18.1 Å². The molecule has 1 saturated carbocycles. The molecule has 0 saturated heterocycles. The normalized spacial score (nSPS) is 33.2. The first-order valence-electron chi connectivity index (χ1n) is 7.49. The van der Waals surface area contributed by atoms with Crippen LogP contribution < -0.4 is 5.01 Å². The minimum atomic E-state index is 0.415. The molecule has 100 valence electrons. The molecule has 3 aliphatic rings. The third-order valence-corrected chi connectivity index (χ3v) is 5.48. The zero-order chi connectivity index (χ0) is 13.4. The van der Waals surface area contributed by atoms with E-state index in [9.17, 15) is 0 Å². The Bertz CT molecular complexity index is 708. The predicted molar refractivity (Wildman–Crippen MR) is 80.7 cm³/mol. The Kier molecular flexibility index (Phi) is 1.88. The highest BCUT2D eigenvalue weighted by Crippen LogP contribution is 2.62. The predicted octanol–water partition coefficient (Wildman–Crippen LogP) is 3.56. The molecule has 2 aliphatic heterocycles. The van der Waals surface area contributed by atoms with Crippen molar-refractivity contribution in [3.63, 3.8) is 0 Å². The molecule has 1 fully saturated rings. The third kappa shape index (κ3) is 1.10. The number of benzene rings is 2. The van der Waals surface area contributed by atoms with Gasteiger partial charge in [-0.05, 0) is 23.1 Å². The molecule has 0 amide bonds. The van der Waals surface area contributed by atoms with Crippen molar-refractivity contribution in [2.75, 3.05) is 12.1 Å². The van der Waals surface area contributed by atoms with E-state index in [4.69, 9.17) is 0 Å². The molecule has 1 aliphatic carbocycles. The molecule has 4 unspecified atom stereocenters. The van der Waals surface area contributed by atoms with Crippen molar-refractivity contribution < 1.29 is 0 Å². The number of fused-ring (bicyclic) bond motifs is 8. The lowest BCUT2D eigenvalue weighted by Crippen LogP contribution is -2.42. The van der Waals surface area contributed by atoms with E-state index in [-0.39, 0.29) is 0 Å². The second-order valence-corrected chi connectivity index (χ2v) is 6.37. The maximum atomic E-state index is 2.61. The third-order valence-electron chi connectivity index (χ3n) is 5.48. The first kappa shape index (κ1) is 10.9. The molecule has 0 aromatic heterocycles. The zero-order valence-electron chi connectivity index (χ0n) is 11.8. The number of rotatable bonds is 0. The summed E-state index contributed by atoms with van der Waals surface area (Å²) < 4.78 is 0. The van der Waals surface area contributed by atoms with Crippen LogP contribution in [0.3, 0.4) is 0 Å². The molecule has 2 nitrogen and oxygen atoms in total. The molecule has 5 rings (SSSR count). The van der Waals surface area contributed by atoms with Crippen LogP contribution in [0.2, 0.25) is 0 Å². The van der Waals surface area contributed by atoms with Gasteiger partial charge in [0.05, 0.1) is 11.7 Å². The average Bonchev–Trinajstić information content (AvgIpc) is 3.07. The molecule has 0 radical (unpaired) electrons. The van der Waals surface area contributed by atoms with E-state index < -0.39 is 0 Å². The maximum absolute atomic E-state index is 2.61. The average molecular weight is 262 g/mol. The summed E-state index contributed by atoms with van der Waals surface area (Å²) in [5.41, 5.74) is 5.92. The first-order valence-corrected chi connectivity index (χ1v) is 7.49. The molecule has 0 bridgehead atoms. The summed E-state index contributed by atoms with van der Waals surface area (Å²) in [4.78, 5) is 0.